The molecule has 3 aliphatic heterocycles. The molecule has 0 aliphatic carbocycles. The quantitative estimate of drug-likeness (QED) is 0.452. The zero-order valence-corrected chi connectivity index (χ0v) is 21.7. The molecule has 2 atom stereocenters. The Bertz CT molecular complexity index is 1430. The molecule has 1 amide bonds. The molecule has 9 heteroatoms. The van der Waals surface area contributed by atoms with E-state index in [1.807, 2.05) is 83.7 Å². The lowest BCUT2D eigenvalue weighted by atomic mass is 9.97. The average molecular weight is 508 g/mol. The van der Waals surface area contributed by atoms with Crippen LogP contribution < -0.4 is 14.8 Å². The highest BCUT2D eigenvalue weighted by molar-refractivity contribution is 6.03. The fourth-order valence-electron chi connectivity index (χ4n) is 5.44. The number of benzene rings is 3. The summed E-state index contributed by atoms with van der Waals surface area (Å²) in [7, 11) is 1.64. The Kier molecular flexibility index (Phi) is 5.90. The van der Waals surface area contributed by atoms with Crippen molar-refractivity contribution < 1.29 is 9.53 Å². The zero-order chi connectivity index (χ0) is 26.3. The summed E-state index contributed by atoms with van der Waals surface area (Å²) in [6.07, 6.45) is 1.37. The molecule has 0 radical (unpaired) electrons. The molecule has 1 spiro atoms. The maximum Gasteiger partial charge on any atom is 0.240 e. The Balaban J connectivity index is 1.26. The second kappa shape index (κ2) is 9.41. The van der Waals surface area contributed by atoms with Crippen molar-refractivity contribution in [2.45, 2.75) is 38.4 Å². The van der Waals surface area contributed by atoms with Crippen LogP contribution in [0.15, 0.2) is 99.4 Å². The third-order valence-electron chi connectivity index (χ3n) is 7.25. The summed E-state index contributed by atoms with van der Waals surface area (Å²) in [5.41, 5.74) is 5.33. The lowest BCUT2D eigenvalue weighted by Gasteiger charge is -2.39. The number of para-hydroxylation sites is 1. The van der Waals surface area contributed by atoms with Gasteiger partial charge in [-0.15, -0.1) is 0 Å². The van der Waals surface area contributed by atoms with Crippen LogP contribution in [0.1, 0.15) is 43.9 Å². The number of nitrogens with zero attached hydrogens (tertiary/aromatic N) is 7. The minimum absolute atomic E-state index is 0.0885. The molecule has 0 N–H and O–H groups in total. The minimum Gasteiger partial charge on any atom is -0.497 e. The molecule has 0 saturated heterocycles. The van der Waals surface area contributed by atoms with Crippen LogP contribution in [0, 0.1) is 0 Å². The predicted molar refractivity (Wildman–Crippen MR) is 147 cm³/mol. The van der Waals surface area contributed by atoms with Crippen molar-refractivity contribution in [2.24, 2.45) is 20.5 Å². The number of hydrogen-bond acceptors (Lipinski definition) is 8. The largest absolute Gasteiger partial charge is 0.497 e. The van der Waals surface area contributed by atoms with E-state index in [2.05, 4.69) is 22.5 Å². The molecule has 3 aliphatic rings. The first kappa shape index (κ1) is 23.8. The van der Waals surface area contributed by atoms with E-state index in [0.717, 1.165) is 46.1 Å². The molecule has 3 heterocycles. The lowest BCUT2D eigenvalue weighted by molar-refractivity contribution is -0.130. The number of methoxy groups -OCH3 is 1. The first-order valence-electron chi connectivity index (χ1n) is 12.7. The van der Waals surface area contributed by atoms with Gasteiger partial charge < -0.3 is 4.74 Å². The maximum absolute atomic E-state index is 12.4. The van der Waals surface area contributed by atoms with Gasteiger partial charge in [-0.05, 0) is 54.4 Å². The Morgan fingerprint density at radius 3 is 2.32 bits per heavy atom. The van der Waals surface area contributed by atoms with Crippen molar-refractivity contribution in [1.29, 1.82) is 0 Å². The van der Waals surface area contributed by atoms with Gasteiger partial charge >= 0.3 is 0 Å². The smallest absolute Gasteiger partial charge is 0.240 e. The highest BCUT2D eigenvalue weighted by Gasteiger charge is 2.51. The second-order valence-corrected chi connectivity index (χ2v) is 9.79. The summed E-state index contributed by atoms with van der Waals surface area (Å²) in [5.74, 6) is 0.692. The number of anilines is 2. The number of ether oxygens (including phenoxy) is 1. The van der Waals surface area contributed by atoms with Crippen LogP contribution in [0.4, 0.5) is 11.4 Å². The molecule has 9 nitrogen and oxygen atoms in total. The van der Waals surface area contributed by atoms with E-state index >= 15 is 0 Å². The molecule has 38 heavy (non-hydrogen) atoms. The van der Waals surface area contributed by atoms with Crippen LogP contribution >= 0.6 is 0 Å². The van der Waals surface area contributed by atoms with Crippen LogP contribution in [0.25, 0.3) is 0 Å². The third kappa shape index (κ3) is 4.00. The van der Waals surface area contributed by atoms with E-state index < -0.39 is 5.66 Å². The van der Waals surface area contributed by atoms with Gasteiger partial charge in [0.05, 0.1) is 30.2 Å². The Morgan fingerprint density at radius 1 is 0.921 bits per heavy atom. The van der Waals surface area contributed by atoms with Crippen LogP contribution in [0.5, 0.6) is 5.75 Å². The number of carbonyl (C=O) groups excluding carboxylic acids is 1. The predicted octanol–water partition coefficient (Wildman–Crippen LogP) is 5.56. The highest BCUT2D eigenvalue weighted by atomic mass is 16.5. The second-order valence-electron chi connectivity index (χ2n) is 9.79. The summed E-state index contributed by atoms with van der Waals surface area (Å²) < 4.78 is 5.28. The molecule has 0 bridgehead atoms. The van der Waals surface area contributed by atoms with Crippen LogP contribution in [-0.4, -0.2) is 41.7 Å². The minimum atomic E-state index is -0.511. The normalized spacial score (nSPS) is 22.3. The van der Waals surface area contributed by atoms with Gasteiger partial charge in [-0.3, -0.25) is 4.79 Å². The van der Waals surface area contributed by atoms with Gasteiger partial charge in [0.1, 0.15) is 12.3 Å². The van der Waals surface area contributed by atoms with Gasteiger partial charge in [-0.25, -0.2) is 15.0 Å². The molecular formula is C29H29N7O2. The topological polar surface area (TPSA) is 85.5 Å². The van der Waals surface area contributed by atoms with Crippen LogP contribution in [0.2, 0.25) is 0 Å². The first-order chi connectivity index (χ1) is 18.5. The van der Waals surface area contributed by atoms with Crippen molar-refractivity contribution in [3.05, 3.63) is 90.0 Å². The molecule has 0 aromatic heterocycles. The van der Waals surface area contributed by atoms with Crippen molar-refractivity contribution in [1.82, 2.24) is 5.01 Å². The molecule has 3 aromatic carbocycles. The van der Waals surface area contributed by atoms with Crippen molar-refractivity contribution in [3.8, 4) is 5.75 Å². The van der Waals surface area contributed by atoms with Crippen molar-refractivity contribution in [3.63, 3.8) is 0 Å². The Morgan fingerprint density at radius 2 is 1.63 bits per heavy atom. The molecule has 3 aromatic rings. The zero-order valence-electron chi connectivity index (χ0n) is 21.7. The molecule has 0 saturated carbocycles. The van der Waals surface area contributed by atoms with Crippen LogP contribution in [-0.2, 0) is 4.79 Å². The van der Waals surface area contributed by atoms with E-state index in [0.29, 0.717) is 13.0 Å². The Hall–Kier alpha value is -4.53. The fourth-order valence-corrected chi connectivity index (χ4v) is 5.44. The maximum atomic E-state index is 12.4. The van der Waals surface area contributed by atoms with Crippen LogP contribution in [0.3, 0.4) is 0 Å². The molecule has 6 rings (SSSR count). The summed E-state index contributed by atoms with van der Waals surface area (Å²) in [6.45, 7) is 4.12. The number of amides is 1. The van der Waals surface area contributed by atoms with E-state index in [1.54, 1.807) is 19.0 Å². The Labute approximate surface area is 221 Å². The van der Waals surface area contributed by atoms with Gasteiger partial charge in [0.15, 0.2) is 5.66 Å². The van der Waals surface area contributed by atoms with E-state index in [4.69, 9.17) is 14.9 Å². The van der Waals surface area contributed by atoms with Gasteiger partial charge in [0.25, 0.3) is 0 Å². The van der Waals surface area contributed by atoms with Gasteiger partial charge in [-0.2, -0.15) is 15.3 Å². The fraction of sp³-hybridized carbons (Fsp3) is 0.276. The highest BCUT2D eigenvalue weighted by Crippen LogP contribution is 2.42. The van der Waals surface area contributed by atoms with E-state index in [-0.39, 0.29) is 11.9 Å². The average Bonchev–Trinajstić information content (AvgIpc) is 3.66. The standard InChI is InChI=1S/C29H29N7O2/c1-20-18-29(35(31-20)24-7-5-4-6-8-24)19-30-33-36(29)25-13-9-22(10-14-25)27-17-28(34(32-27)21(2)37)23-11-15-26(38-3)16-12-23/h4-16,28H,17-19H2,1-3H3. The summed E-state index contributed by atoms with van der Waals surface area (Å²) in [4.78, 5) is 12.4. The summed E-state index contributed by atoms with van der Waals surface area (Å²) >= 11 is 0. The SMILES string of the molecule is COc1ccc(C2CC(c3ccc(N4N=NCC45CC(C)=NN5c4ccccc4)cc3)=NN2C(C)=O)cc1. The van der Waals surface area contributed by atoms with Gasteiger partial charge in [0, 0.05) is 25.5 Å². The first-order valence-corrected chi connectivity index (χ1v) is 12.7. The van der Waals surface area contributed by atoms with E-state index in [1.165, 1.54) is 0 Å². The molecule has 0 fully saturated rings. The molecular weight excluding hydrogens is 478 g/mol. The van der Waals surface area contributed by atoms with E-state index in [9.17, 15) is 4.79 Å². The molecule has 192 valence electrons. The number of rotatable bonds is 5. The third-order valence-corrected chi connectivity index (χ3v) is 7.25. The monoisotopic (exact) mass is 507 g/mol. The van der Waals surface area contributed by atoms with Crippen molar-refractivity contribution in [2.75, 3.05) is 23.7 Å². The summed E-state index contributed by atoms with van der Waals surface area (Å²) in [6, 6.07) is 26.0. The van der Waals surface area contributed by atoms with Crippen molar-refractivity contribution >= 4 is 28.7 Å². The van der Waals surface area contributed by atoms with Gasteiger partial charge in [0.2, 0.25) is 5.91 Å². The number of hydrazone groups is 2. The lowest BCUT2D eigenvalue weighted by Crippen LogP contribution is -2.55. The van der Waals surface area contributed by atoms with Gasteiger partial charge in [-0.1, -0.05) is 47.7 Å². The number of hydrogen-bond donors (Lipinski definition) is 0. The molecule has 2 unspecified atom stereocenters. The number of carbonyl (C=O) groups is 1. The summed E-state index contributed by atoms with van der Waals surface area (Å²) in [5, 5.41) is 24.1.